The number of thioether (sulfide) groups is 1. The molecule has 0 aliphatic heterocycles. The van der Waals surface area contributed by atoms with Crippen LogP contribution in [0.4, 0.5) is 8.78 Å². The highest BCUT2D eigenvalue weighted by atomic mass is 32.2. The maximum Gasteiger partial charge on any atom is 0.159 e. The van der Waals surface area contributed by atoms with Crippen LogP contribution in [0.5, 0.6) is 0 Å². The molecule has 13 heavy (non-hydrogen) atoms. The van der Waals surface area contributed by atoms with Gasteiger partial charge in [-0.2, -0.15) is 11.8 Å². The van der Waals surface area contributed by atoms with Crippen molar-refractivity contribution in [3.8, 4) is 0 Å². The van der Waals surface area contributed by atoms with E-state index in [2.05, 4.69) is 6.92 Å². The normalized spacial score (nSPS) is 12.9. The van der Waals surface area contributed by atoms with Crippen LogP contribution in [0.1, 0.15) is 12.5 Å². The van der Waals surface area contributed by atoms with Crippen LogP contribution in [0, 0.1) is 11.6 Å². The van der Waals surface area contributed by atoms with E-state index in [-0.39, 0.29) is 0 Å². The Hall–Kier alpha value is -0.570. The number of benzene rings is 1. The largest absolute Gasteiger partial charge is 0.204 e. The summed E-state index contributed by atoms with van der Waals surface area (Å²) in [6, 6.07) is 4.07. The molecule has 3 heteroatoms. The van der Waals surface area contributed by atoms with Crippen molar-refractivity contribution in [2.45, 2.75) is 18.6 Å². The number of hydrogen-bond donors (Lipinski definition) is 0. The molecular weight excluding hydrogens is 190 g/mol. The quantitative estimate of drug-likeness (QED) is 0.725. The summed E-state index contributed by atoms with van der Waals surface area (Å²) < 4.78 is 25.3. The monoisotopic (exact) mass is 202 g/mol. The highest BCUT2D eigenvalue weighted by molar-refractivity contribution is 7.99. The predicted octanol–water partition coefficient (Wildman–Crippen LogP) is 3.26. The lowest BCUT2D eigenvalue weighted by Crippen LogP contribution is -2.01. The average molecular weight is 202 g/mol. The first-order valence-corrected chi connectivity index (χ1v) is 5.39. The maximum absolute atomic E-state index is 12.8. The Morgan fingerprint density at radius 3 is 2.54 bits per heavy atom. The van der Waals surface area contributed by atoms with Gasteiger partial charge in [0.2, 0.25) is 0 Å². The molecule has 0 bridgehead atoms. The summed E-state index contributed by atoms with van der Waals surface area (Å²) in [4.78, 5) is 0. The Morgan fingerprint density at radius 2 is 2.00 bits per heavy atom. The van der Waals surface area contributed by atoms with Crippen molar-refractivity contribution in [2.24, 2.45) is 0 Å². The Morgan fingerprint density at radius 1 is 1.31 bits per heavy atom. The van der Waals surface area contributed by atoms with Crippen molar-refractivity contribution in [3.63, 3.8) is 0 Å². The van der Waals surface area contributed by atoms with Crippen molar-refractivity contribution >= 4 is 11.8 Å². The first-order valence-electron chi connectivity index (χ1n) is 4.10. The third-order valence-corrected chi connectivity index (χ3v) is 2.88. The fourth-order valence-electron chi connectivity index (χ4n) is 1.08. The summed E-state index contributed by atoms with van der Waals surface area (Å²) >= 11 is 1.71. The molecule has 0 radical (unpaired) electrons. The van der Waals surface area contributed by atoms with E-state index in [1.54, 1.807) is 17.8 Å². The molecule has 0 saturated carbocycles. The standard InChI is InChI=1S/C10H12F2S/c1-7(13-2)5-8-3-4-9(11)10(12)6-8/h3-4,6-7H,5H2,1-2H3. The highest BCUT2D eigenvalue weighted by Gasteiger charge is 2.05. The molecule has 0 aliphatic rings. The Labute approximate surface area is 81.3 Å². The van der Waals surface area contributed by atoms with E-state index in [1.165, 1.54) is 12.1 Å². The average Bonchev–Trinajstić information content (AvgIpc) is 2.11. The molecule has 1 unspecified atom stereocenters. The van der Waals surface area contributed by atoms with Crippen LogP contribution < -0.4 is 0 Å². The zero-order valence-electron chi connectivity index (χ0n) is 7.68. The third-order valence-electron chi connectivity index (χ3n) is 1.91. The van der Waals surface area contributed by atoms with Crippen LogP contribution in [0.25, 0.3) is 0 Å². The molecule has 0 aliphatic carbocycles. The zero-order valence-corrected chi connectivity index (χ0v) is 8.50. The molecule has 1 atom stereocenters. The molecule has 0 fully saturated rings. The molecule has 72 valence electrons. The minimum absolute atomic E-state index is 0.435. The van der Waals surface area contributed by atoms with Crippen LogP contribution in [-0.2, 0) is 6.42 Å². The Balaban J connectivity index is 2.73. The lowest BCUT2D eigenvalue weighted by molar-refractivity contribution is 0.507. The number of hydrogen-bond acceptors (Lipinski definition) is 1. The van der Waals surface area contributed by atoms with Gasteiger partial charge < -0.3 is 0 Å². The minimum Gasteiger partial charge on any atom is -0.204 e. The fourth-order valence-corrected chi connectivity index (χ4v) is 1.44. The van der Waals surface area contributed by atoms with Crippen molar-refractivity contribution in [2.75, 3.05) is 6.26 Å². The number of halogens is 2. The van der Waals surface area contributed by atoms with Gasteiger partial charge in [-0.05, 0) is 30.4 Å². The fraction of sp³-hybridized carbons (Fsp3) is 0.400. The van der Waals surface area contributed by atoms with E-state index in [0.29, 0.717) is 5.25 Å². The molecular formula is C10H12F2S. The van der Waals surface area contributed by atoms with Gasteiger partial charge in [0.05, 0.1) is 0 Å². The van der Waals surface area contributed by atoms with E-state index in [9.17, 15) is 8.78 Å². The molecule has 0 saturated heterocycles. The molecule has 1 rings (SSSR count). The van der Waals surface area contributed by atoms with E-state index in [0.717, 1.165) is 12.0 Å². The van der Waals surface area contributed by atoms with Gasteiger partial charge in [0, 0.05) is 5.25 Å². The summed E-state index contributed by atoms with van der Waals surface area (Å²) in [5, 5.41) is 0.435. The lowest BCUT2D eigenvalue weighted by Gasteiger charge is -2.07. The van der Waals surface area contributed by atoms with Crippen molar-refractivity contribution in [3.05, 3.63) is 35.4 Å². The van der Waals surface area contributed by atoms with Crippen LogP contribution in [-0.4, -0.2) is 11.5 Å². The smallest absolute Gasteiger partial charge is 0.159 e. The lowest BCUT2D eigenvalue weighted by atomic mass is 10.1. The Kier molecular flexibility index (Phi) is 3.72. The zero-order chi connectivity index (χ0) is 9.84. The molecule has 0 spiro atoms. The SMILES string of the molecule is CSC(C)Cc1ccc(F)c(F)c1. The molecule has 0 heterocycles. The second kappa shape index (κ2) is 4.61. The van der Waals surface area contributed by atoms with Gasteiger partial charge in [-0.3, -0.25) is 0 Å². The Bertz CT molecular complexity index is 286. The molecule has 0 nitrogen and oxygen atoms in total. The van der Waals surface area contributed by atoms with Crippen molar-refractivity contribution in [1.29, 1.82) is 0 Å². The summed E-state index contributed by atoms with van der Waals surface area (Å²) in [6.45, 7) is 2.06. The molecule has 0 N–H and O–H groups in total. The van der Waals surface area contributed by atoms with Crippen LogP contribution in [0.15, 0.2) is 18.2 Å². The third kappa shape index (κ3) is 2.99. The van der Waals surface area contributed by atoms with Crippen LogP contribution >= 0.6 is 11.8 Å². The minimum atomic E-state index is -0.777. The van der Waals surface area contributed by atoms with E-state index >= 15 is 0 Å². The van der Waals surface area contributed by atoms with E-state index < -0.39 is 11.6 Å². The predicted molar refractivity (Wildman–Crippen MR) is 53.0 cm³/mol. The maximum atomic E-state index is 12.8. The van der Waals surface area contributed by atoms with Crippen LogP contribution in [0.3, 0.4) is 0 Å². The van der Waals surface area contributed by atoms with Gasteiger partial charge in [-0.15, -0.1) is 0 Å². The first-order chi connectivity index (χ1) is 6.13. The molecule has 1 aromatic rings. The van der Waals surface area contributed by atoms with Crippen molar-refractivity contribution in [1.82, 2.24) is 0 Å². The first kappa shape index (κ1) is 10.5. The van der Waals surface area contributed by atoms with Crippen molar-refractivity contribution < 1.29 is 8.78 Å². The summed E-state index contributed by atoms with van der Waals surface area (Å²) in [7, 11) is 0. The number of rotatable bonds is 3. The van der Waals surface area contributed by atoms with E-state index in [1.807, 2.05) is 6.26 Å². The van der Waals surface area contributed by atoms with Crippen LogP contribution in [0.2, 0.25) is 0 Å². The summed E-state index contributed by atoms with van der Waals surface area (Å²) in [6.07, 6.45) is 2.78. The van der Waals surface area contributed by atoms with Gasteiger partial charge in [-0.25, -0.2) is 8.78 Å². The van der Waals surface area contributed by atoms with Gasteiger partial charge >= 0.3 is 0 Å². The van der Waals surface area contributed by atoms with Gasteiger partial charge in [0.25, 0.3) is 0 Å². The summed E-state index contributed by atoms with van der Waals surface area (Å²) in [5.41, 5.74) is 0.848. The second-order valence-corrected chi connectivity index (χ2v) is 4.28. The van der Waals surface area contributed by atoms with Gasteiger partial charge in [0.15, 0.2) is 11.6 Å². The van der Waals surface area contributed by atoms with E-state index in [4.69, 9.17) is 0 Å². The van der Waals surface area contributed by atoms with Gasteiger partial charge in [-0.1, -0.05) is 13.0 Å². The topological polar surface area (TPSA) is 0 Å². The summed E-state index contributed by atoms with van der Waals surface area (Å²) in [5.74, 6) is -1.54. The second-order valence-electron chi connectivity index (χ2n) is 3.00. The highest BCUT2D eigenvalue weighted by Crippen LogP contribution is 2.15. The molecule has 0 aromatic heterocycles. The molecule has 1 aromatic carbocycles. The van der Waals surface area contributed by atoms with Gasteiger partial charge in [0.1, 0.15) is 0 Å². The molecule has 0 amide bonds.